The zero-order chi connectivity index (χ0) is 24.1. The van der Waals surface area contributed by atoms with E-state index in [0.29, 0.717) is 11.5 Å². The number of halogens is 1. The van der Waals surface area contributed by atoms with Gasteiger partial charge < -0.3 is 14.7 Å². The molecular weight excluding hydrogens is 481 g/mol. The first kappa shape index (κ1) is 24.0. The van der Waals surface area contributed by atoms with Gasteiger partial charge in [-0.05, 0) is 42.0 Å². The SMILES string of the molecule is O=C1c2c(O)c(=O)ccn2N2CN1C/C=C/COc1c(F)cccc1[C@@H]2c1ccccc1C1CC1.S. The van der Waals surface area contributed by atoms with Crippen LogP contribution in [0.5, 0.6) is 11.5 Å². The summed E-state index contributed by atoms with van der Waals surface area (Å²) in [5.74, 6) is -0.971. The predicted octanol–water partition coefficient (Wildman–Crippen LogP) is 3.77. The van der Waals surface area contributed by atoms with Crippen molar-refractivity contribution in [2.45, 2.75) is 24.8 Å². The summed E-state index contributed by atoms with van der Waals surface area (Å²) in [6, 6.07) is 13.6. The van der Waals surface area contributed by atoms with Gasteiger partial charge in [-0.15, -0.1) is 0 Å². The van der Waals surface area contributed by atoms with Crippen molar-refractivity contribution in [3.8, 4) is 11.5 Å². The van der Waals surface area contributed by atoms with Crippen LogP contribution in [0.3, 0.4) is 0 Å². The van der Waals surface area contributed by atoms with Gasteiger partial charge in [-0.1, -0.05) is 42.5 Å². The van der Waals surface area contributed by atoms with Crippen LogP contribution in [0, 0.1) is 5.82 Å². The Morgan fingerprint density at radius 3 is 2.47 bits per heavy atom. The first-order chi connectivity index (χ1) is 17.0. The zero-order valence-corrected chi connectivity index (χ0v) is 20.4. The number of benzene rings is 2. The summed E-state index contributed by atoms with van der Waals surface area (Å²) in [5, 5.41) is 12.5. The summed E-state index contributed by atoms with van der Waals surface area (Å²) in [5.41, 5.74) is 2.00. The van der Waals surface area contributed by atoms with Crippen molar-refractivity contribution >= 4 is 19.4 Å². The molecule has 0 radical (unpaired) electrons. The van der Waals surface area contributed by atoms with Crippen LogP contribution < -0.4 is 15.2 Å². The third-order valence-corrected chi connectivity index (χ3v) is 6.85. The molecule has 2 aliphatic heterocycles. The molecule has 7 nitrogen and oxygen atoms in total. The van der Waals surface area contributed by atoms with Gasteiger partial charge in [-0.3, -0.25) is 19.3 Å². The summed E-state index contributed by atoms with van der Waals surface area (Å²) in [4.78, 5) is 27.2. The molecule has 0 spiro atoms. The molecule has 1 amide bonds. The number of amides is 1. The molecule has 6 rings (SSSR count). The maximum absolute atomic E-state index is 15.2. The number of nitrogens with zero attached hydrogens (tertiary/aromatic N) is 3. The van der Waals surface area contributed by atoms with Crippen molar-refractivity contribution in [1.29, 1.82) is 0 Å². The van der Waals surface area contributed by atoms with Gasteiger partial charge in [-0.25, -0.2) is 4.39 Å². The number of aromatic nitrogens is 1. The monoisotopic (exact) mass is 507 g/mol. The molecule has 2 aromatic carbocycles. The van der Waals surface area contributed by atoms with Crippen molar-refractivity contribution in [3.63, 3.8) is 0 Å². The molecule has 3 aromatic rings. The summed E-state index contributed by atoms with van der Waals surface area (Å²) in [6.45, 7) is 0.554. The van der Waals surface area contributed by atoms with Crippen LogP contribution >= 0.6 is 13.5 Å². The lowest BCUT2D eigenvalue weighted by Gasteiger charge is -2.44. The molecule has 36 heavy (non-hydrogen) atoms. The van der Waals surface area contributed by atoms with E-state index in [0.717, 1.165) is 24.0 Å². The topological polar surface area (TPSA) is 75.0 Å². The van der Waals surface area contributed by atoms with E-state index in [2.05, 4.69) is 6.07 Å². The molecule has 2 bridgehead atoms. The Balaban J connectivity index is 0.00000267. The minimum absolute atomic E-state index is 0. The number of fused-ring (bicyclic) bond motifs is 5. The standard InChI is InChI=1S/C27H24FN3O4.H2S/c28-21-9-5-8-20-23(19-7-2-1-6-18(19)17-10-11-17)31-16-29(13-3-4-15-35-26(20)21)27(34)24-25(33)22(32)12-14-30(24)31;/h1-9,12,14,17,23,33H,10-11,13,15-16H2;1H2/b4-3+;/t23-;/m0./s1. The van der Waals surface area contributed by atoms with Gasteiger partial charge >= 0.3 is 0 Å². The zero-order valence-electron chi connectivity index (χ0n) is 19.4. The van der Waals surface area contributed by atoms with Crippen LogP contribution in [-0.2, 0) is 0 Å². The summed E-state index contributed by atoms with van der Waals surface area (Å²) in [7, 11) is 0. The predicted molar refractivity (Wildman–Crippen MR) is 138 cm³/mol. The molecule has 3 heterocycles. The van der Waals surface area contributed by atoms with E-state index >= 15 is 4.39 Å². The summed E-state index contributed by atoms with van der Waals surface area (Å²) >= 11 is 0. The fourth-order valence-corrected chi connectivity index (χ4v) is 5.04. The minimum atomic E-state index is -0.629. The number of hydrogen-bond donors (Lipinski definition) is 1. The number of carbonyl (C=O) groups excluding carboxylic acids is 1. The first-order valence-electron chi connectivity index (χ1n) is 11.7. The largest absolute Gasteiger partial charge is 0.502 e. The lowest BCUT2D eigenvalue weighted by atomic mass is 9.91. The summed E-state index contributed by atoms with van der Waals surface area (Å²) < 4.78 is 22.6. The fourth-order valence-electron chi connectivity index (χ4n) is 5.04. The molecule has 1 N–H and O–H groups in total. The normalized spacial score (nSPS) is 19.8. The first-order valence-corrected chi connectivity index (χ1v) is 11.7. The van der Waals surface area contributed by atoms with Crippen LogP contribution in [0.1, 0.15) is 52.0 Å². The molecule has 1 atom stereocenters. The minimum Gasteiger partial charge on any atom is -0.502 e. The molecule has 9 heteroatoms. The van der Waals surface area contributed by atoms with Crippen LogP contribution in [0.15, 0.2) is 71.7 Å². The van der Waals surface area contributed by atoms with Crippen LogP contribution in [-0.4, -0.2) is 40.4 Å². The van der Waals surface area contributed by atoms with Gasteiger partial charge in [0.05, 0.1) is 0 Å². The number of rotatable bonds is 2. The number of hydrogen-bond acceptors (Lipinski definition) is 5. The maximum Gasteiger partial charge on any atom is 0.278 e. The lowest BCUT2D eigenvalue weighted by Crippen LogP contribution is -2.55. The van der Waals surface area contributed by atoms with Crippen molar-refractivity contribution < 1.29 is 19.0 Å². The number of carbonyl (C=O) groups is 1. The van der Waals surface area contributed by atoms with Gasteiger partial charge in [0.1, 0.15) is 19.3 Å². The molecule has 186 valence electrons. The smallest absolute Gasteiger partial charge is 0.278 e. The highest BCUT2D eigenvalue weighted by molar-refractivity contribution is 7.59. The molecule has 1 aromatic heterocycles. The Hall–Kier alpha value is -3.72. The number of para-hydroxylation sites is 1. The Bertz CT molecular complexity index is 1420. The van der Waals surface area contributed by atoms with Gasteiger partial charge in [0.15, 0.2) is 23.0 Å². The summed E-state index contributed by atoms with van der Waals surface area (Å²) in [6.07, 6.45) is 7.15. The van der Waals surface area contributed by atoms with E-state index < -0.39 is 28.9 Å². The van der Waals surface area contributed by atoms with E-state index in [1.165, 1.54) is 23.0 Å². The van der Waals surface area contributed by atoms with Gasteiger partial charge in [0.2, 0.25) is 5.43 Å². The second-order valence-electron chi connectivity index (χ2n) is 9.08. The highest BCUT2D eigenvalue weighted by Crippen LogP contribution is 2.46. The van der Waals surface area contributed by atoms with Gasteiger partial charge in [0, 0.05) is 24.4 Å². The van der Waals surface area contributed by atoms with Crippen LogP contribution in [0.2, 0.25) is 0 Å². The molecule has 3 aliphatic rings. The van der Waals surface area contributed by atoms with Crippen molar-refractivity contribution in [2.75, 3.05) is 24.8 Å². The van der Waals surface area contributed by atoms with E-state index in [4.69, 9.17) is 4.74 Å². The highest BCUT2D eigenvalue weighted by atomic mass is 32.1. The van der Waals surface area contributed by atoms with E-state index in [1.54, 1.807) is 23.1 Å². The van der Waals surface area contributed by atoms with Crippen molar-refractivity contribution in [1.82, 2.24) is 9.58 Å². The second-order valence-corrected chi connectivity index (χ2v) is 9.08. The Morgan fingerprint density at radius 1 is 0.944 bits per heavy atom. The molecule has 0 saturated heterocycles. The van der Waals surface area contributed by atoms with Crippen LogP contribution in [0.4, 0.5) is 4.39 Å². The number of ether oxygens (including phenoxy) is 1. The van der Waals surface area contributed by atoms with Gasteiger partial charge in [0.25, 0.3) is 5.91 Å². The Morgan fingerprint density at radius 2 is 1.69 bits per heavy atom. The number of aromatic hydroxyl groups is 1. The van der Waals surface area contributed by atoms with E-state index in [1.807, 2.05) is 29.3 Å². The van der Waals surface area contributed by atoms with Crippen LogP contribution in [0.25, 0.3) is 0 Å². The third kappa shape index (κ3) is 3.93. The maximum atomic E-state index is 15.2. The van der Waals surface area contributed by atoms with E-state index in [-0.39, 0.29) is 44.8 Å². The molecule has 1 aliphatic carbocycles. The molecule has 1 saturated carbocycles. The average molecular weight is 508 g/mol. The fraction of sp³-hybridized carbons (Fsp3) is 0.259. The Labute approximate surface area is 214 Å². The third-order valence-electron chi connectivity index (χ3n) is 6.85. The average Bonchev–Trinajstić information content (AvgIpc) is 3.70. The molecule has 0 unspecified atom stereocenters. The Kier molecular flexibility index (Phi) is 6.26. The lowest BCUT2D eigenvalue weighted by molar-refractivity contribution is 0.0701. The van der Waals surface area contributed by atoms with E-state index in [9.17, 15) is 14.7 Å². The van der Waals surface area contributed by atoms with Crippen molar-refractivity contribution in [2.24, 2.45) is 0 Å². The van der Waals surface area contributed by atoms with Gasteiger partial charge in [-0.2, -0.15) is 13.5 Å². The molecular formula is C27H26FN3O4S. The second kappa shape index (κ2) is 9.39. The molecule has 1 fully saturated rings. The number of pyridine rings is 1. The highest BCUT2D eigenvalue weighted by Gasteiger charge is 2.39. The van der Waals surface area contributed by atoms with Crippen molar-refractivity contribution in [3.05, 3.63) is 105 Å². The quantitative estimate of drug-likeness (QED) is 0.535.